The molecular formula is C28H32FN5O4. The molecule has 2 heterocycles. The molecule has 0 aliphatic rings. The first-order valence-corrected chi connectivity index (χ1v) is 12.3. The number of ether oxygens (including phenoxy) is 2. The highest BCUT2D eigenvalue weighted by molar-refractivity contribution is 5.98. The van der Waals surface area contributed by atoms with Crippen LogP contribution in [0.15, 0.2) is 52.1 Å². The molecule has 0 unspecified atom stereocenters. The van der Waals surface area contributed by atoms with Gasteiger partial charge in [-0.2, -0.15) is 0 Å². The van der Waals surface area contributed by atoms with Gasteiger partial charge in [0.05, 0.1) is 19.1 Å². The average Bonchev–Trinajstić information content (AvgIpc) is 2.91. The third-order valence-electron chi connectivity index (χ3n) is 6.27. The van der Waals surface area contributed by atoms with Crippen LogP contribution in [-0.4, -0.2) is 27.8 Å². The maximum Gasteiger partial charge on any atom is 0.332 e. The number of nitrogens with two attached hydrogens (primary N) is 1. The summed E-state index contributed by atoms with van der Waals surface area (Å²) in [6, 6.07) is 11.7. The van der Waals surface area contributed by atoms with E-state index in [-0.39, 0.29) is 17.6 Å². The first-order chi connectivity index (χ1) is 18.2. The van der Waals surface area contributed by atoms with Crippen LogP contribution >= 0.6 is 0 Å². The van der Waals surface area contributed by atoms with E-state index in [4.69, 9.17) is 15.2 Å². The Morgan fingerprint density at radius 3 is 2.55 bits per heavy atom. The van der Waals surface area contributed by atoms with Gasteiger partial charge in [0, 0.05) is 43.9 Å². The summed E-state index contributed by atoms with van der Waals surface area (Å²) >= 11 is 0. The number of pyridine rings is 1. The molecule has 0 fully saturated rings. The molecule has 2 aromatic carbocycles. The second kappa shape index (κ2) is 11.1. The fraction of sp³-hybridized carbons (Fsp3) is 0.321. The van der Waals surface area contributed by atoms with Gasteiger partial charge in [0.2, 0.25) is 0 Å². The van der Waals surface area contributed by atoms with Crippen LogP contribution < -0.4 is 31.8 Å². The van der Waals surface area contributed by atoms with Gasteiger partial charge in [-0.25, -0.2) is 14.2 Å². The van der Waals surface area contributed by atoms with Crippen LogP contribution in [0.1, 0.15) is 25.0 Å². The molecule has 0 saturated carbocycles. The van der Waals surface area contributed by atoms with E-state index in [1.807, 2.05) is 24.3 Å². The molecule has 9 nitrogen and oxygen atoms in total. The Bertz CT molecular complexity index is 1610. The molecule has 4 rings (SSSR count). The van der Waals surface area contributed by atoms with Crippen molar-refractivity contribution in [2.45, 2.75) is 26.9 Å². The second-order valence-corrected chi connectivity index (χ2v) is 9.47. The monoisotopic (exact) mass is 521 g/mol. The van der Waals surface area contributed by atoms with Crippen molar-refractivity contribution in [2.75, 3.05) is 19.0 Å². The lowest BCUT2D eigenvalue weighted by Gasteiger charge is -2.20. The minimum Gasteiger partial charge on any atom is -0.496 e. The quantitative estimate of drug-likeness (QED) is 0.346. The Labute approximate surface area is 219 Å². The molecule has 4 aromatic rings. The molecule has 0 spiro atoms. The summed E-state index contributed by atoms with van der Waals surface area (Å²) in [4.78, 5) is 30.8. The van der Waals surface area contributed by atoms with Crippen molar-refractivity contribution in [1.29, 1.82) is 0 Å². The number of aryl methyl sites for hydroxylation is 1. The van der Waals surface area contributed by atoms with Crippen LogP contribution in [0.4, 0.5) is 10.2 Å². The lowest BCUT2D eigenvalue weighted by Crippen LogP contribution is -2.38. The Morgan fingerprint density at radius 1 is 1.11 bits per heavy atom. The fourth-order valence-electron chi connectivity index (χ4n) is 4.34. The summed E-state index contributed by atoms with van der Waals surface area (Å²) in [5.74, 6) is 1.36. The van der Waals surface area contributed by atoms with Crippen LogP contribution in [0.5, 0.6) is 11.5 Å². The molecule has 2 aromatic heterocycles. The van der Waals surface area contributed by atoms with Crippen molar-refractivity contribution >= 4 is 16.9 Å². The summed E-state index contributed by atoms with van der Waals surface area (Å²) in [7, 11) is 4.38. The average molecular weight is 522 g/mol. The molecule has 0 atom stereocenters. The molecule has 10 heteroatoms. The maximum absolute atomic E-state index is 14.5. The lowest BCUT2D eigenvalue weighted by molar-refractivity contribution is 0.271. The van der Waals surface area contributed by atoms with Crippen molar-refractivity contribution in [3.05, 3.63) is 80.2 Å². The molecule has 200 valence electrons. The molecule has 0 amide bonds. The number of aromatic nitrogens is 3. The van der Waals surface area contributed by atoms with Crippen molar-refractivity contribution in [2.24, 2.45) is 25.7 Å². The van der Waals surface area contributed by atoms with Gasteiger partial charge in [0.15, 0.2) is 5.65 Å². The van der Waals surface area contributed by atoms with E-state index in [0.29, 0.717) is 47.3 Å². The van der Waals surface area contributed by atoms with Gasteiger partial charge in [-0.15, -0.1) is 0 Å². The number of fused-ring (bicyclic) bond motifs is 1. The first kappa shape index (κ1) is 26.9. The van der Waals surface area contributed by atoms with Gasteiger partial charge in [-0.3, -0.25) is 13.9 Å². The van der Waals surface area contributed by atoms with Crippen molar-refractivity contribution < 1.29 is 13.9 Å². The number of anilines is 1. The van der Waals surface area contributed by atoms with Crippen LogP contribution in [0.25, 0.3) is 22.2 Å². The number of hydrogen-bond donors (Lipinski definition) is 2. The van der Waals surface area contributed by atoms with Gasteiger partial charge in [0.1, 0.15) is 23.1 Å². The second-order valence-electron chi connectivity index (χ2n) is 9.47. The number of nitrogens with one attached hydrogen (secondary N) is 1. The zero-order valence-corrected chi connectivity index (χ0v) is 22.2. The minimum atomic E-state index is -0.562. The largest absolute Gasteiger partial charge is 0.496 e. The van der Waals surface area contributed by atoms with Crippen molar-refractivity contribution in [1.82, 2.24) is 14.1 Å². The summed E-state index contributed by atoms with van der Waals surface area (Å²) in [5, 5.41) is 3.45. The Hall–Kier alpha value is -4.18. The molecular weight excluding hydrogens is 489 g/mol. The minimum absolute atomic E-state index is 0.0101. The summed E-state index contributed by atoms with van der Waals surface area (Å²) < 4.78 is 28.1. The number of hydrogen-bond acceptors (Lipinski definition) is 7. The Kier molecular flexibility index (Phi) is 7.82. The normalized spacial score (nSPS) is 11.3. The molecule has 3 N–H and O–H groups in total. The zero-order valence-electron chi connectivity index (χ0n) is 22.2. The smallest absolute Gasteiger partial charge is 0.332 e. The topological polar surface area (TPSA) is 113 Å². The van der Waals surface area contributed by atoms with E-state index in [1.165, 1.54) is 44.0 Å². The van der Waals surface area contributed by atoms with Gasteiger partial charge < -0.3 is 20.5 Å². The van der Waals surface area contributed by atoms with E-state index in [1.54, 1.807) is 0 Å². The third kappa shape index (κ3) is 5.12. The van der Waals surface area contributed by atoms with Crippen LogP contribution in [0.2, 0.25) is 0 Å². The van der Waals surface area contributed by atoms with E-state index < -0.39 is 17.1 Å². The molecule has 0 aliphatic heterocycles. The van der Waals surface area contributed by atoms with Gasteiger partial charge in [-0.05, 0) is 41.8 Å². The number of nitrogens with zero attached hydrogens (tertiary/aromatic N) is 3. The first-order valence-electron chi connectivity index (χ1n) is 12.3. The van der Waals surface area contributed by atoms with Crippen LogP contribution in [0.3, 0.4) is 0 Å². The highest BCUT2D eigenvalue weighted by Crippen LogP contribution is 2.39. The lowest BCUT2D eigenvalue weighted by atomic mass is 9.96. The maximum atomic E-state index is 14.5. The van der Waals surface area contributed by atoms with Crippen LogP contribution in [-0.2, 0) is 27.2 Å². The van der Waals surface area contributed by atoms with Gasteiger partial charge in [-0.1, -0.05) is 26.0 Å². The molecule has 0 saturated heterocycles. The highest BCUT2D eigenvalue weighted by atomic mass is 19.1. The van der Waals surface area contributed by atoms with E-state index in [0.717, 1.165) is 15.9 Å². The predicted molar refractivity (Wildman–Crippen MR) is 146 cm³/mol. The summed E-state index contributed by atoms with van der Waals surface area (Å²) in [6.45, 7) is 5.11. The molecule has 0 bridgehead atoms. The van der Waals surface area contributed by atoms with Gasteiger partial charge >= 0.3 is 5.69 Å². The van der Waals surface area contributed by atoms with E-state index >= 15 is 0 Å². The number of methoxy groups -OCH3 is 1. The predicted octanol–water partition coefficient (Wildman–Crippen LogP) is 3.55. The number of rotatable bonds is 9. The van der Waals surface area contributed by atoms with E-state index in [2.05, 4.69) is 24.1 Å². The number of halogens is 1. The highest BCUT2D eigenvalue weighted by Gasteiger charge is 2.24. The zero-order chi connectivity index (χ0) is 27.6. The van der Waals surface area contributed by atoms with Crippen LogP contribution in [0, 0.1) is 11.7 Å². The Balaban J connectivity index is 1.92. The van der Waals surface area contributed by atoms with Gasteiger partial charge in [0.25, 0.3) is 5.56 Å². The molecule has 0 aliphatic carbocycles. The number of benzene rings is 2. The molecule has 38 heavy (non-hydrogen) atoms. The van der Waals surface area contributed by atoms with Crippen molar-refractivity contribution in [3.8, 4) is 22.6 Å². The SMILES string of the molecule is COc1ccc(F)cc1-c1c(CN)c(NCc2cccc(OCC(C)C)c2)nc2c1c(=O)n(C)c(=O)n2C. The standard InChI is InChI=1S/C28H32FN5O4/c1-16(2)15-38-19-8-6-7-17(11-19)14-31-25-21(13-30)23(20-12-18(29)9-10-22(20)37-5)24-26(32-25)33(3)28(36)34(4)27(24)35/h6-12,16H,13-15,30H2,1-5H3,(H,31,32). The molecule has 0 radical (unpaired) electrons. The fourth-order valence-corrected chi connectivity index (χ4v) is 4.34. The summed E-state index contributed by atoms with van der Waals surface area (Å²) in [5.41, 5.74) is 7.38. The third-order valence-corrected chi connectivity index (χ3v) is 6.27. The Morgan fingerprint density at radius 2 is 1.87 bits per heavy atom. The van der Waals surface area contributed by atoms with E-state index in [9.17, 15) is 14.0 Å². The van der Waals surface area contributed by atoms with Crippen molar-refractivity contribution in [3.63, 3.8) is 0 Å². The summed E-state index contributed by atoms with van der Waals surface area (Å²) in [6.07, 6.45) is 0.